The Bertz CT molecular complexity index is 1200. The van der Waals surface area contributed by atoms with Crippen LogP contribution in [-0.2, 0) is 11.3 Å². The van der Waals surface area contributed by atoms with E-state index < -0.39 is 12.2 Å². The molecule has 0 radical (unpaired) electrons. The molecule has 2 unspecified atom stereocenters. The van der Waals surface area contributed by atoms with Gasteiger partial charge in [-0.15, -0.1) is 0 Å². The fourth-order valence-electron chi connectivity index (χ4n) is 4.22. The highest BCUT2D eigenvalue weighted by molar-refractivity contribution is 6.06. The summed E-state index contributed by atoms with van der Waals surface area (Å²) < 4.78 is 0. The minimum Gasteiger partial charge on any atom is -0.357 e. The fourth-order valence-corrected chi connectivity index (χ4v) is 4.22. The molecule has 9 nitrogen and oxygen atoms in total. The number of aromatic nitrogens is 2. The van der Waals surface area contributed by atoms with Crippen LogP contribution in [-0.4, -0.2) is 68.9 Å². The molecule has 158 valence electrons. The average Bonchev–Trinajstić information content (AvgIpc) is 3.32. The van der Waals surface area contributed by atoms with Crippen LogP contribution in [0.4, 0.5) is 10.5 Å². The number of anilines is 1. The summed E-state index contributed by atoms with van der Waals surface area (Å²) in [4.78, 5) is 43.0. The number of guanidine groups is 1. The van der Waals surface area contributed by atoms with Crippen LogP contribution in [0.1, 0.15) is 11.3 Å². The van der Waals surface area contributed by atoms with E-state index in [0.717, 1.165) is 27.8 Å². The van der Waals surface area contributed by atoms with E-state index in [-0.39, 0.29) is 18.5 Å². The molecule has 0 aliphatic carbocycles. The number of nitrogens with zero attached hydrogens (tertiary/aromatic N) is 5. The number of fused-ring (bicyclic) bond motifs is 2. The topological polar surface area (TPSA) is 96.9 Å². The molecule has 2 atom stereocenters. The molecule has 1 saturated heterocycles. The third kappa shape index (κ3) is 3.09. The van der Waals surface area contributed by atoms with Crippen LogP contribution in [0, 0.1) is 6.92 Å². The van der Waals surface area contributed by atoms with Gasteiger partial charge < -0.3 is 20.1 Å². The second kappa shape index (κ2) is 7.12. The van der Waals surface area contributed by atoms with E-state index >= 15 is 0 Å². The lowest BCUT2D eigenvalue weighted by molar-refractivity contribution is -0.137. The van der Waals surface area contributed by atoms with Crippen molar-refractivity contribution < 1.29 is 9.59 Å². The van der Waals surface area contributed by atoms with Gasteiger partial charge in [-0.25, -0.2) is 9.79 Å². The molecule has 3 amide bonds. The normalized spacial score (nSPS) is 21.0. The number of H-pyrrole nitrogens is 1. The summed E-state index contributed by atoms with van der Waals surface area (Å²) in [6, 6.07) is 10.7. The minimum absolute atomic E-state index is 0.181. The molecular formula is C22H23N7O2. The maximum atomic E-state index is 13.4. The number of imide groups is 1. The number of likely N-dealkylation sites (N-methyl/N-ethyl adjacent to an activating group) is 2. The van der Waals surface area contributed by atoms with E-state index in [1.165, 1.54) is 9.80 Å². The Morgan fingerprint density at radius 3 is 2.61 bits per heavy atom. The number of hydrogen-bond donors (Lipinski definition) is 2. The van der Waals surface area contributed by atoms with Crippen LogP contribution in [0.3, 0.4) is 0 Å². The highest BCUT2D eigenvalue weighted by Crippen LogP contribution is 2.29. The van der Waals surface area contributed by atoms with Crippen molar-refractivity contribution in [2.45, 2.75) is 25.7 Å². The van der Waals surface area contributed by atoms with E-state index in [9.17, 15) is 9.59 Å². The quantitative estimate of drug-likeness (QED) is 0.682. The molecule has 2 aromatic heterocycles. The number of pyridine rings is 1. The van der Waals surface area contributed by atoms with Crippen molar-refractivity contribution in [3.05, 3.63) is 60.0 Å². The minimum atomic E-state index is -0.585. The second-order valence-corrected chi connectivity index (χ2v) is 7.93. The molecule has 3 aromatic rings. The number of carbonyl (C=O) groups excluding carboxylic acids is 2. The van der Waals surface area contributed by atoms with Crippen molar-refractivity contribution in [3.8, 4) is 0 Å². The summed E-state index contributed by atoms with van der Waals surface area (Å²) >= 11 is 0. The van der Waals surface area contributed by atoms with Crippen molar-refractivity contribution in [2.24, 2.45) is 4.99 Å². The summed E-state index contributed by atoms with van der Waals surface area (Å²) in [5.41, 5.74) is 3.76. The van der Waals surface area contributed by atoms with Crippen LogP contribution in [0.25, 0.3) is 10.9 Å². The van der Waals surface area contributed by atoms with Gasteiger partial charge in [0.05, 0.1) is 6.54 Å². The lowest BCUT2D eigenvalue weighted by Gasteiger charge is -2.40. The molecule has 5 rings (SSSR count). The monoisotopic (exact) mass is 417 g/mol. The number of nitrogens with one attached hydrogen (secondary N) is 2. The average molecular weight is 417 g/mol. The second-order valence-electron chi connectivity index (χ2n) is 7.93. The van der Waals surface area contributed by atoms with Crippen molar-refractivity contribution in [1.82, 2.24) is 24.7 Å². The van der Waals surface area contributed by atoms with Gasteiger partial charge in [-0.3, -0.25) is 14.7 Å². The lowest BCUT2D eigenvalue weighted by Crippen LogP contribution is -2.64. The molecule has 4 heterocycles. The van der Waals surface area contributed by atoms with Gasteiger partial charge >= 0.3 is 6.03 Å². The Kier molecular flexibility index (Phi) is 4.39. The lowest BCUT2D eigenvalue weighted by atomic mass is 10.1. The van der Waals surface area contributed by atoms with Crippen LogP contribution in [0.15, 0.2) is 53.8 Å². The van der Waals surface area contributed by atoms with E-state index in [0.29, 0.717) is 5.96 Å². The van der Waals surface area contributed by atoms with Crippen molar-refractivity contribution in [1.29, 1.82) is 0 Å². The number of hydrogen-bond acceptors (Lipinski definition) is 6. The van der Waals surface area contributed by atoms with Gasteiger partial charge in [0.15, 0.2) is 12.2 Å². The molecule has 2 aliphatic heterocycles. The largest absolute Gasteiger partial charge is 0.357 e. The van der Waals surface area contributed by atoms with Crippen molar-refractivity contribution in [2.75, 3.05) is 19.4 Å². The molecular weight excluding hydrogens is 394 g/mol. The maximum absolute atomic E-state index is 13.4. The Labute approximate surface area is 179 Å². The van der Waals surface area contributed by atoms with Crippen LogP contribution in [0.5, 0.6) is 0 Å². The van der Waals surface area contributed by atoms with Crippen LogP contribution >= 0.6 is 0 Å². The molecule has 0 saturated carbocycles. The number of amides is 3. The first kappa shape index (κ1) is 19.1. The zero-order valence-corrected chi connectivity index (χ0v) is 17.5. The van der Waals surface area contributed by atoms with Gasteiger partial charge in [-0.05, 0) is 36.8 Å². The smallest absolute Gasteiger partial charge is 0.328 e. The zero-order chi connectivity index (χ0) is 21.7. The number of benzene rings is 1. The Balaban J connectivity index is 1.41. The van der Waals surface area contributed by atoms with E-state index in [2.05, 4.69) is 20.3 Å². The standard InChI is InChI=1S/C22H23N7O2/c1-13-5-4-6-17-16(13)11-15(24-17)12-29-20(30)18-19(28(3)22(29)31)26-21(27(18)2)25-14-7-9-23-10-8-14/h4-11,18-19,24H,12H2,1-3H3,(H,23,25,26). The van der Waals surface area contributed by atoms with E-state index in [4.69, 9.17) is 0 Å². The highest BCUT2D eigenvalue weighted by atomic mass is 16.2. The number of aromatic amines is 1. The van der Waals surface area contributed by atoms with E-state index in [1.807, 2.05) is 50.4 Å². The first-order valence-electron chi connectivity index (χ1n) is 10.1. The number of aliphatic imine (C=N–C) groups is 1. The molecule has 0 bridgehead atoms. The predicted octanol–water partition coefficient (Wildman–Crippen LogP) is 2.37. The molecule has 31 heavy (non-hydrogen) atoms. The number of aryl methyl sites for hydroxylation is 1. The predicted molar refractivity (Wildman–Crippen MR) is 117 cm³/mol. The van der Waals surface area contributed by atoms with Gasteiger partial charge in [0.1, 0.15) is 0 Å². The SMILES string of the molecule is Cc1cccc2[nH]c(CN3C(=O)C4C(N=C(Nc5ccncc5)N4C)N(C)C3=O)cc12. The summed E-state index contributed by atoms with van der Waals surface area (Å²) in [5, 5.41) is 4.30. The van der Waals surface area contributed by atoms with Gasteiger partial charge in [-0.1, -0.05) is 12.1 Å². The van der Waals surface area contributed by atoms with Gasteiger partial charge in [0, 0.05) is 48.8 Å². The van der Waals surface area contributed by atoms with Gasteiger partial charge in [0.2, 0.25) is 5.96 Å². The molecule has 2 aliphatic rings. The summed E-state index contributed by atoms with van der Waals surface area (Å²) in [5.74, 6) is 0.276. The number of carbonyl (C=O) groups is 2. The molecule has 2 N–H and O–H groups in total. The number of urea groups is 1. The summed E-state index contributed by atoms with van der Waals surface area (Å²) in [6.07, 6.45) is 2.78. The Hall–Kier alpha value is -3.88. The first-order chi connectivity index (χ1) is 14.9. The van der Waals surface area contributed by atoms with Crippen LogP contribution < -0.4 is 5.32 Å². The molecule has 0 spiro atoms. The number of rotatable bonds is 3. The zero-order valence-electron chi connectivity index (χ0n) is 17.5. The highest BCUT2D eigenvalue weighted by Gasteiger charge is 2.51. The maximum Gasteiger partial charge on any atom is 0.328 e. The molecule has 1 aromatic carbocycles. The molecule has 1 fully saturated rings. The van der Waals surface area contributed by atoms with Crippen LogP contribution in [0.2, 0.25) is 0 Å². The van der Waals surface area contributed by atoms with Crippen molar-refractivity contribution >= 4 is 34.5 Å². The van der Waals surface area contributed by atoms with Gasteiger partial charge in [0.25, 0.3) is 5.91 Å². The summed E-state index contributed by atoms with van der Waals surface area (Å²) in [7, 11) is 3.49. The third-order valence-electron chi connectivity index (χ3n) is 5.94. The fraction of sp³-hybridized carbons (Fsp3) is 0.273. The molecule has 9 heteroatoms. The van der Waals surface area contributed by atoms with E-state index in [1.54, 1.807) is 24.3 Å². The summed E-state index contributed by atoms with van der Waals surface area (Å²) in [6.45, 7) is 2.22. The first-order valence-corrected chi connectivity index (χ1v) is 10.1. The Morgan fingerprint density at radius 2 is 1.87 bits per heavy atom. The van der Waals surface area contributed by atoms with Crippen molar-refractivity contribution in [3.63, 3.8) is 0 Å². The third-order valence-corrected chi connectivity index (χ3v) is 5.94. The Morgan fingerprint density at radius 1 is 1.10 bits per heavy atom. The van der Waals surface area contributed by atoms with Gasteiger partial charge in [-0.2, -0.15) is 0 Å².